The number of amides is 1. The van der Waals surface area contributed by atoms with Crippen LogP contribution in [0.4, 0.5) is 5.69 Å². The second-order valence-corrected chi connectivity index (χ2v) is 9.19. The quantitative estimate of drug-likeness (QED) is 0.629. The van der Waals surface area contributed by atoms with E-state index in [9.17, 15) is 18.0 Å². The number of sulfonamides is 1. The lowest BCUT2D eigenvalue weighted by molar-refractivity contribution is 0.0730. The Labute approximate surface area is 185 Å². The van der Waals surface area contributed by atoms with E-state index in [4.69, 9.17) is 4.74 Å². The minimum absolute atomic E-state index is 0.144. The number of carbonyl (C=O) groups excluding carboxylic acids is 1. The van der Waals surface area contributed by atoms with Crippen LogP contribution in [0.2, 0.25) is 0 Å². The molecule has 1 N–H and O–H groups in total. The summed E-state index contributed by atoms with van der Waals surface area (Å²) in [6.07, 6.45) is 0. The van der Waals surface area contributed by atoms with Crippen molar-refractivity contribution in [3.63, 3.8) is 0 Å². The fraction of sp³-hybridized carbons (Fsp3) is 0.227. The zero-order valence-corrected chi connectivity index (χ0v) is 18.2. The molecule has 1 amide bonds. The maximum absolute atomic E-state index is 12.7. The summed E-state index contributed by atoms with van der Waals surface area (Å²) >= 11 is 0. The molecule has 3 aromatic rings. The first-order chi connectivity index (χ1) is 15.3. The standard InChI is InChI=1S/C22H22N4O5S/c1-25-21(27)11-10-20(24-25)16-2-6-18(7-3-16)23-22(28)17-4-8-19(9-5-17)32(29,30)26-12-14-31-15-13-26/h2-11H,12-15H2,1H3,(H,23,28). The van der Waals surface area contributed by atoms with Gasteiger partial charge in [0.25, 0.3) is 11.5 Å². The number of aromatic nitrogens is 2. The van der Waals surface area contributed by atoms with Gasteiger partial charge in [-0.25, -0.2) is 13.1 Å². The first-order valence-electron chi connectivity index (χ1n) is 9.99. The Morgan fingerprint density at radius 2 is 1.62 bits per heavy atom. The van der Waals surface area contributed by atoms with Crippen molar-refractivity contribution in [3.05, 3.63) is 76.6 Å². The summed E-state index contributed by atoms with van der Waals surface area (Å²) in [5.74, 6) is -0.353. The number of benzene rings is 2. The maximum atomic E-state index is 12.7. The molecule has 0 unspecified atom stereocenters. The molecule has 1 aromatic heterocycles. The molecule has 0 bridgehead atoms. The first-order valence-corrected chi connectivity index (χ1v) is 11.4. The van der Waals surface area contributed by atoms with Crippen LogP contribution in [0.3, 0.4) is 0 Å². The minimum Gasteiger partial charge on any atom is -0.379 e. The number of anilines is 1. The monoisotopic (exact) mass is 454 g/mol. The molecule has 2 heterocycles. The predicted molar refractivity (Wildman–Crippen MR) is 119 cm³/mol. The van der Waals surface area contributed by atoms with E-state index in [1.54, 1.807) is 37.4 Å². The summed E-state index contributed by atoms with van der Waals surface area (Å²) in [6, 6.07) is 16.0. The van der Waals surface area contributed by atoms with Gasteiger partial charge in [0.15, 0.2) is 0 Å². The molecule has 32 heavy (non-hydrogen) atoms. The van der Waals surface area contributed by atoms with Crippen LogP contribution < -0.4 is 10.9 Å². The summed E-state index contributed by atoms with van der Waals surface area (Å²) in [7, 11) is -2.02. The molecule has 0 saturated carbocycles. The van der Waals surface area contributed by atoms with Crippen molar-refractivity contribution in [1.29, 1.82) is 0 Å². The highest BCUT2D eigenvalue weighted by molar-refractivity contribution is 7.89. The van der Waals surface area contributed by atoms with Crippen LogP contribution in [0.15, 0.2) is 70.4 Å². The summed E-state index contributed by atoms with van der Waals surface area (Å²) in [5, 5.41) is 6.99. The normalized spacial score (nSPS) is 14.8. The molecule has 0 radical (unpaired) electrons. The van der Waals surface area contributed by atoms with Gasteiger partial charge < -0.3 is 10.1 Å². The number of carbonyl (C=O) groups is 1. The van der Waals surface area contributed by atoms with Gasteiger partial charge in [-0.1, -0.05) is 12.1 Å². The number of nitrogens with one attached hydrogen (secondary N) is 1. The SMILES string of the molecule is Cn1nc(-c2ccc(NC(=O)c3ccc(S(=O)(=O)N4CCOCC4)cc3)cc2)ccc1=O. The molecule has 166 valence electrons. The highest BCUT2D eigenvalue weighted by Crippen LogP contribution is 2.20. The van der Waals surface area contributed by atoms with Gasteiger partial charge in [0.05, 0.1) is 23.8 Å². The Bertz CT molecular complexity index is 1280. The number of rotatable bonds is 5. The number of hydrogen-bond acceptors (Lipinski definition) is 6. The molecule has 2 aromatic carbocycles. The lowest BCUT2D eigenvalue weighted by atomic mass is 10.1. The van der Waals surface area contributed by atoms with Gasteiger partial charge in [-0.15, -0.1) is 0 Å². The lowest BCUT2D eigenvalue weighted by Crippen LogP contribution is -2.40. The van der Waals surface area contributed by atoms with E-state index in [0.29, 0.717) is 43.2 Å². The smallest absolute Gasteiger partial charge is 0.266 e. The molecule has 0 atom stereocenters. The van der Waals surface area contributed by atoms with Crippen LogP contribution >= 0.6 is 0 Å². The number of morpholine rings is 1. The summed E-state index contributed by atoms with van der Waals surface area (Å²) in [5.41, 5.74) is 2.17. The minimum atomic E-state index is -3.61. The summed E-state index contributed by atoms with van der Waals surface area (Å²) in [6.45, 7) is 1.37. The fourth-order valence-corrected chi connectivity index (χ4v) is 4.71. The third-order valence-electron chi connectivity index (χ3n) is 5.12. The first kappa shape index (κ1) is 21.9. The second-order valence-electron chi connectivity index (χ2n) is 7.25. The number of hydrogen-bond donors (Lipinski definition) is 1. The molecular formula is C22H22N4O5S. The Kier molecular flexibility index (Phi) is 6.17. The van der Waals surface area contributed by atoms with Crippen molar-refractivity contribution >= 4 is 21.6 Å². The molecule has 4 rings (SSSR count). The average Bonchev–Trinajstić information content (AvgIpc) is 2.82. The Morgan fingerprint density at radius 1 is 0.969 bits per heavy atom. The van der Waals surface area contributed by atoms with E-state index in [1.165, 1.54) is 39.3 Å². The van der Waals surface area contributed by atoms with Gasteiger partial charge in [-0.3, -0.25) is 9.59 Å². The van der Waals surface area contributed by atoms with Crippen LogP contribution in [0.1, 0.15) is 10.4 Å². The van der Waals surface area contributed by atoms with E-state index < -0.39 is 10.0 Å². The fourth-order valence-electron chi connectivity index (χ4n) is 3.30. The van der Waals surface area contributed by atoms with Gasteiger partial charge in [0, 0.05) is 43.0 Å². The van der Waals surface area contributed by atoms with Crippen LogP contribution in [0.25, 0.3) is 11.3 Å². The Hall–Kier alpha value is -3.34. The molecule has 0 aliphatic carbocycles. The van der Waals surface area contributed by atoms with Crippen LogP contribution in [-0.4, -0.2) is 54.7 Å². The van der Waals surface area contributed by atoms with Gasteiger partial charge >= 0.3 is 0 Å². The van der Waals surface area contributed by atoms with Crippen molar-refractivity contribution in [2.75, 3.05) is 31.6 Å². The van der Waals surface area contributed by atoms with E-state index in [0.717, 1.165) is 5.56 Å². The highest BCUT2D eigenvalue weighted by Gasteiger charge is 2.26. The van der Waals surface area contributed by atoms with Gasteiger partial charge in [-0.2, -0.15) is 9.40 Å². The van der Waals surface area contributed by atoms with Crippen molar-refractivity contribution in [2.45, 2.75) is 4.90 Å². The summed E-state index contributed by atoms with van der Waals surface area (Å²) < 4.78 is 33.2. The van der Waals surface area contributed by atoms with Crippen molar-refractivity contribution in [3.8, 4) is 11.3 Å². The molecule has 1 aliphatic heterocycles. The third kappa shape index (κ3) is 4.62. The van der Waals surface area contributed by atoms with E-state index in [-0.39, 0.29) is 16.4 Å². The average molecular weight is 455 g/mol. The lowest BCUT2D eigenvalue weighted by Gasteiger charge is -2.26. The third-order valence-corrected chi connectivity index (χ3v) is 7.04. The number of ether oxygens (including phenoxy) is 1. The van der Waals surface area contributed by atoms with E-state index in [2.05, 4.69) is 10.4 Å². The summed E-state index contributed by atoms with van der Waals surface area (Å²) in [4.78, 5) is 24.2. The van der Waals surface area contributed by atoms with Gasteiger partial charge in [0.1, 0.15) is 0 Å². The molecule has 1 fully saturated rings. The molecule has 10 heteroatoms. The molecule has 1 aliphatic rings. The van der Waals surface area contributed by atoms with Crippen LogP contribution in [0, 0.1) is 0 Å². The largest absolute Gasteiger partial charge is 0.379 e. The van der Waals surface area contributed by atoms with Crippen molar-refractivity contribution < 1.29 is 17.9 Å². The Morgan fingerprint density at radius 3 is 2.25 bits per heavy atom. The van der Waals surface area contributed by atoms with E-state index >= 15 is 0 Å². The molecule has 0 spiro atoms. The van der Waals surface area contributed by atoms with Crippen LogP contribution in [0.5, 0.6) is 0 Å². The zero-order valence-electron chi connectivity index (χ0n) is 17.4. The van der Waals surface area contributed by atoms with E-state index in [1.807, 2.05) is 0 Å². The molecule has 9 nitrogen and oxygen atoms in total. The van der Waals surface area contributed by atoms with Gasteiger partial charge in [0.2, 0.25) is 10.0 Å². The predicted octanol–water partition coefficient (Wildman–Crippen LogP) is 1.72. The number of aryl methyl sites for hydroxylation is 1. The highest BCUT2D eigenvalue weighted by atomic mass is 32.2. The van der Waals surface area contributed by atoms with Crippen LogP contribution in [-0.2, 0) is 21.8 Å². The zero-order chi connectivity index (χ0) is 22.7. The van der Waals surface area contributed by atoms with Crippen molar-refractivity contribution in [1.82, 2.24) is 14.1 Å². The Balaban J connectivity index is 1.44. The number of nitrogens with zero attached hydrogens (tertiary/aromatic N) is 3. The molecular weight excluding hydrogens is 432 g/mol. The van der Waals surface area contributed by atoms with Gasteiger partial charge in [-0.05, 0) is 42.5 Å². The van der Waals surface area contributed by atoms with Crippen molar-refractivity contribution in [2.24, 2.45) is 7.05 Å². The maximum Gasteiger partial charge on any atom is 0.266 e. The topological polar surface area (TPSA) is 111 Å². The molecule has 1 saturated heterocycles. The second kappa shape index (κ2) is 9.03.